The molecule has 1 rings (SSSR count). The van der Waals surface area contributed by atoms with Gasteiger partial charge in [0.25, 0.3) is 0 Å². The molecule has 0 spiro atoms. The zero-order chi connectivity index (χ0) is 15.8. The van der Waals surface area contributed by atoms with E-state index in [1.54, 1.807) is 0 Å². The molecular formula is C15H34O4SiTi. The van der Waals surface area contributed by atoms with Gasteiger partial charge in [-0.25, -0.2) is 0 Å². The first-order valence-electron chi connectivity index (χ1n) is 8.79. The minimum atomic E-state index is -4.53. The van der Waals surface area contributed by atoms with E-state index in [1.807, 2.05) is 0 Å². The minimum absolute atomic E-state index is 0.00493. The van der Waals surface area contributed by atoms with Crippen LogP contribution in [0.1, 0.15) is 72.1 Å². The summed E-state index contributed by atoms with van der Waals surface area (Å²) in [5, 5.41) is 0. The molecule has 6 heteroatoms. The SMILES string of the molecule is CCC[Si](CCC)(CCC)[O][Ti]([OH])([OH])[O]C1CCCCC1. The molecule has 21 heavy (non-hydrogen) atoms. The van der Waals surface area contributed by atoms with E-state index in [0.29, 0.717) is 0 Å². The Morgan fingerprint density at radius 3 is 1.81 bits per heavy atom. The first-order chi connectivity index (χ1) is 9.97. The van der Waals surface area contributed by atoms with Gasteiger partial charge in [-0.3, -0.25) is 0 Å². The molecule has 4 nitrogen and oxygen atoms in total. The standard InChI is InChI=1S/C9H21OSi.C6H11O.2H2O.Ti/c1-4-7-11(10,8-5-2)9-6-3;7-6-4-2-1-3-5-6;;;/h4-9H2,1-3H3;6H,1-5H2;2*1H2;/q2*-1;;;+4/p-2. The number of hydrogen-bond acceptors (Lipinski definition) is 4. The molecule has 0 unspecified atom stereocenters. The Kier molecular flexibility index (Phi) is 9.26. The fourth-order valence-electron chi connectivity index (χ4n) is 3.60. The van der Waals surface area contributed by atoms with Crippen LogP contribution in [0.2, 0.25) is 18.1 Å². The van der Waals surface area contributed by atoms with Crippen molar-refractivity contribution in [2.45, 2.75) is 96.4 Å². The van der Waals surface area contributed by atoms with Crippen LogP contribution in [-0.4, -0.2) is 21.8 Å². The summed E-state index contributed by atoms with van der Waals surface area (Å²) in [6.45, 7) is 6.46. The van der Waals surface area contributed by atoms with Crippen molar-refractivity contribution in [3.8, 4) is 0 Å². The molecule has 126 valence electrons. The van der Waals surface area contributed by atoms with Crippen LogP contribution in [0.4, 0.5) is 0 Å². The second kappa shape index (κ2) is 9.81. The summed E-state index contributed by atoms with van der Waals surface area (Å²) in [6, 6.07) is 3.03. The molecule has 0 aromatic rings. The van der Waals surface area contributed by atoms with Crippen LogP contribution in [0, 0.1) is 0 Å². The van der Waals surface area contributed by atoms with Crippen molar-refractivity contribution in [2.24, 2.45) is 0 Å². The first-order valence-corrected chi connectivity index (χ1v) is 14.0. The zero-order valence-electron chi connectivity index (χ0n) is 14.1. The number of rotatable bonds is 10. The van der Waals surface area contributed by atoms with Crippen molar-refractivity contribution in [3.05, 3.63) is 0 Å². The fraction of sp³-hybridized carbons (Fsp3) is 1.00. The second-order valence-electron chi connectivity index (χ2n) is 6.46. The van der Waals surface area contributed by atoms with Gasteiger partial charge >= 0.3 is 137 Å². The third-order valence-corrected chi connectivity index (χ3v) is 13.5. The van der Waals surface area contributed by atoms with Crippen molar-refractivity contribution in [3.63, 3.8) is 0 Å². The van der Waals surface area contributed by atoms with E-state index in [-0.39, 0.29) is 6.10 Å². The Balaban J connectivity index is 2.68. The molecular weight excluding hydrogens is 320 g/mol. The monoisotopic (exact) mass is 354 g/mol. The summed E-state index contributed by atoms with van der Waals surface area (Å²) < 4.78 is 32.6. The molecule has 0 bridgehead atoms. The molecule has 1 aliphatic carbocycles. The van der Waals surface area contributed by atoms with Crippen LogP contribution in [0.5, 0.6) is 0 Å². The molecule has 0 radical (unpaired) electrons. The van der Waals surface area contributed by atoms with Crippen molar-refractivity contribution < 1.29 is 31.8 Å². The van der Waals surface area contributed by atoms with Crippen molar-refractivity contribution in [1.82, 2.24) is 0 Å². The van der Waals surface area contributed by atoms with Crippen LogP contribution >= 0.6 is 0 Å². The van der Waals surface area contributed by atoms with Gasteiger partial charge in [0.05, 0.1) is 0 Å². The van der Waals surface area contributed by atoms with Crippen LogP contribution < -0.4 is 0 Å². The van der Waals surface area contributed by atoms with Gasteiger partial charge in [0.1, 0.15) is 0 Å². The summed E-state index contributed by atoms with van der Waals surface area (Å²) in [4.78, 5) is 0. The second-order valence-corrected chi connectivity index (χ2v) is 13.6. The number of hydrogen-bond donors (Lipinski definition) is 2. The molecule has 0 atom stereocenters. The molecule has 0 aromatic carbocycles. The van der Waals surface area contributed by atoms with E-state index in [1.165, 1.54) is 6.42 Å². The van der Waals surface area contributed by atoms with Crippen LogP contribution in [0.25, 0.3) is 0 Å². The average molecular weight is 354 g/mol. The van der Waals surface area contributed by atoms with Gasteiger partial charge in [-0.15, -0.1) is 0 Å². The Morgan fingerprint density at radius 2 is 1.38 bits per heavy atom. The van der Waals surface area contributed by atoms with Gasteiger partial charge in [-0.2, -0.15) is 0 Å². The van der Waals surface area contributed by atoms with E-state index in [2.05, 4.69) is 20.8 Å². The normalized spacial score (nSPS) is 18.1. The third kappa shape index (κ3) is 7.25. The topological polar surface area (TPSA) is 58.9 Å². The summed E-state index contributed by atoms with van der Waals surface area (Å²) in [5.41, 5.74) is 0. The van der Waals surface area contributed by atoms with Crippen molar-refractivity contribution in [2.75, 3.05) is 0 Å². The molecule has 0 aliphatic heterocycles. The predicted molar refractivity (Wildman–Crippen MR) is 84.5 cm³/mol. The molecule has 0 saturated heterocycles. The van der Waals surface area contributed by atoms with E-state index in [0.717, 1.165) is 63.1 Å². The summed E-state index contributed by atoms with van der Waals surface area (Å²) in [7, 11) is -2.06. The van der Waals surface area contributed by atoms with Crippen molar-refractivity contribution >= 4 is 8.32 Å². The average Bonchev–Trinajstić information content (AvgIpc) is 2.39. The first kappa shape index (κ1) is 19.8. The zero-order valence-corrected chi connectivity index (χ0v) is 16.6. The maximum atomic E-state index is 10.4. The molecule has 0 aromatic heterocycles. The van der Waals surface area contributed by atoms with Gasteiger partial charge in [0.15, 0.2) is 0 Å². The van der Waals surface area contributed by atoms with Crippen LogP contribution in [-0.2, 0) is 24.5 Å². The van der Waals surface area contributed by atoms with E-state index < -0.39 is 26.5 Å². The molecule has 0 heterocycles. The Morgan fingerprint density at radius 1 is 0.905 bits per heavy atom. The molecule has 1 aliphatic rings. The maximum absolute atomic E-state index is 10.4. The summed E-state index contributed by atoms with van der Waals surface area (Å²) >= 11 is -4.53. The van der Waals surface area contributed by atoms with Crippen LogP contribution in [0.3, 0.4) is 0 Å². The van der Waals surface area contributed by atoms with Gasteiger partial charge in [-0.1, -0.05) is 0 Å². The van der Waals surface area contributed by atoms with E-state index in [4.69, 9.17) is 6.33 Å². The molecule has 1 fully saturated rings. The van der Waals surface area contributed by atoms with Gasteiger partial charge < -0.3 is 0 Å². The predicted octanol–water partition coefficient (Wildman–Crippen LogP) is 4.33. The fourth-order valence-corrected chi connectivity index (χ4v) is 13.4. The van der Waals surface area contributed by atoms with E-state index >= 15 is 0 Å². The van der Waals surface area contributed by atoms with E-state index in [9.17, 15) is 7.38 Å². The Bertz CT molecular complexity index is 266. The summed E-state index contributed by atoms with van der Waals surface area (Å²) in [5.74, 6) is 0. The molecule has 2 N–H and O–H groups in total. The van der Waals surface area contributed by atoms with Gasteiger partial charge in [-0.05, 0) is 0 Å². The van der Waals surface area contributed by atoms with Gasteiger partial charge in [0, 0.05) is 0 Å². The van der Waals surface area contributed by atoms with Crippen LogP contribution in [0.15, 0.2) is 0 Å². The van der Waals surface area contributed by atoms with Crippen molar-refractivity contribution in [1.29, 1.82) is 0 Å². The Labute approximate surface area is 136 Å². The Hall–Kier alpha value is 0.771. The quantitative estimate of drug-likeness (QED) is 0.574. The van der Waals surface area contributed by atoms with Gasteiger partial charge in [0.2, 0.25) is 0 Å². The third-order valence-electron chi connectivity index (χ3n) is 4.34. The molecule has 0 amide bonds. The molecule has 1 saturated carbocycles. The summed E-state index contributed by atoms with van der Waals surface area (Å²) in [6.07, 6.45) is 8.54.